The molecule has 0 saturated carbocycles. The van der Waals surface area contributed by atoms with E-state index in [0.717, 1.165) is 28.5 Å². The molecule has 18 heavy (non-hydrogen) atoms. The Morgan fingerprint density at radius 3 is 3.00 bits per heavy atom. The van der Waals surface area contributed by atoms with Crippen molar-refractivity contribution in [3.05, 3.63) is 35.7 Å². The van der Waals surface area contributed by atoms with E-state index in [1.807, 2.05) is 25.1 Å². The molecular formula is C13H14N2O3. The van der Waals surface area contributed by atoms with E-state index in [1.165, 1.54) is 7.11 Å². The summed E-state index contributed by atoms with van der Waals surface area (Å²) < 4.78 is 5.02. The molecule has 2 rings (SSSR count). The monoisotopic (exact) mass is 246 g/mol. The third kappa shape index (κ3) is 2.57. The van der Waals surface area contributed by atoms with Crippen LogP contribution in [0.15, 0.2) is 24.3 Å². The Balaban J connectivity index is 2.47. The number of carbonyl (C=O) groups is 1. The molecule has 1 aromatic carbocycles. The number of nitrogens with one attached hydrogen (secondary N) is 1. The van der Waals surface area contributed by atoms with Crippen molar-refractivity contribution in [3.63, 3.8) is 0 Å². The Bertz CT molecular complexity index is 614. The van der Waals surface area contributed by atoms with Gasteiger partial charge in [-0.3, -0.25) is 0 Å². The maximum Gasteiger partial charge on any atom is 0.328 e. The van der Waals surface area contributed by atoms with Crippen molar-refractivity contribution in [3.8, 4) is 0 Å². The van der Waals surface area contributed by atoms with Crippen LogP contribution in [0.5, 0.6) is 0 Å². The zero-order valence-corrected chi connectivity index (χ0v) is 10.2. The number of carboxylic acids is 1. The molecule has 94 valence electrons. The number of H-pyrrole nitrogens is 1. The van der Waals surface area contributed by atoms with E-state index in [4.69, 9.17) is 9.84 Å². The van der Waals surface area contributed by atoms with Gasteiger partial charge in [-0.25, -0.2) is 9.78 Å². The summed E-state index contributed by atoms with van der Waals surface area (Å²) in [6, 6.07) is 5.58. The molecule has 1 aromatic heterocycles. The van der Waals surface area contributed by atoms with E-state index in [0.29, 0.717) is 5.57 Å². The van der Waals surface area contributed by atoms with Gasteiger partial charge in [0, 0.05) is 13.2 Å². The number of aromatic amines is 1. The molecule has 0 radical (unpaired) electrons. The van der Waals surface area contributed by atoms with Crippen molar-refractivity contribution >= 4 is 22.6 Å². The fraction of sp³-hybridized carbons (Fsp3) is 0.231. The molecule has 0 aliphatic heterocycles. The van der Waals surface area contributed by atoms with E-state index in [1.54, 1.807) is 0 Å². The van der Waals surface area contributed by atoms with Gasteiger partial charge in [-0.15, -0.1) is 0 Å². The number of fused-ring (bicyclic) bond motifs is 1. The number of aliphatic carboxylic acids is 1. The second-order valence-corrected chi connectivity index (χ2v) is 3.99. The molecule has 1 heterocycles. The summed E-state index contributed by atoms with van der Waals surface area (Å²) in [7, 11) is 1.54. The smallest absolute Gasteiger partial charge is 0.328 e. The summed E-state index contributed by atoms with van der Waals surface area (Å²) in [5, 5.41) is 8.84. The zero-order valence-electron chi connectivity index (χ0n) is 10.2. The lowest BCUT2D eigenvalue weighted by Crippen LogP contribution is -1.98. The van der Waals surface area contributed by atoms with Gasteiger partial charge in [0.2, 0.25) is 0 Å². The van der Waals surface area contributed by atoms with Crippen LogP contribution in [0.3, 0.4) is 0 Å². The number of imidazole rings is 1. The van der Waals surface area contributed by atoms with Gasteiger partial charge in [0.25, 0.3) is 0 Å². The molecule has 0 aliphatic rings. The molecule has 0 unspecified atom stereocenters. The van der Waals surface area contributed by atoms with E-state index >= 15 is 0 Å². The van der Waals surface area contributed by atoms with Crippen LogP contribution in [-0.4, -0.2) is 34.8 Å². The molecule has 5 nitrogen and oxygen atoms in total. The largest absolute Gasteiger partial charge is 0.478 e. The molecule has 5 heteroatoms. The molecular weight excluding hydrogens is 232 g/mol. The summed E-state index contributed by atoms with van der Waals surface area (Å²) in [4.78, 5) is 18.2. The summed E-state index contributed by atoms with van der Waals surface area (Å²) in [6.07, 6.45) is 1.16. The number of rotatable bonds is 4. The predicted octanol–water partition coefficient (Wildman–Crippen LogP) is 1.99. The van der Waals surface area contributed by atoms with Crippen molar-refractivity contribution in [2.45, 2.75) is 6.92 Å². The SMILES string of the molecule is COC/C(=C\C(=O)O)c1ccc2nc(C)[nH]c2c1. The average Bonchev–Trinajstić information content (AvgIpc) is 2.66. The molecule has 0 saturated heterocycles. The molecule has 2 N–H and O–H groups in total. The summed E-state index contributed by atoms with van der Waals surface area (Å²) in [5.41, 5.74) is 3.19. The highest BCUT2D eigenvalue weighted by atomic mass is 16.5. The normalized spacial score (nSPS) is 12.0. The Morgan fingerprint density at radius 1 is 1.56 bits per heavy atom. The van der Waals surface area contributed by atoms with Gasteiger partial charge in [0.1, 0.15) is 5.82 Å². The van der Waals surface area contributed by atoms with Gasteiger partial charge < -0.3 is 14.8 Å². The minimum atomic E-state index is -0.983. The maximum absolute atomic E-state index is 10.8. The highest BCUT2D eigenvalue weighted by molar-refractivity contribution is 5.92. The lowest BCUT2D eigenvalue weighted by molar-refractivity contribution is -0.131. The lowest BCUT2D eigenvalue weighted by Gasteiger charge is -2.05. The number of carboxylic acid groups (broad SMARTS) is 1. The van der Waals surface area contributed by atoms with Crippen LogP contribution >= 0.6 is 0 Å². The Labute approximate surface area is 104 Å². The highest BCUT2D eigenvalue weighted by Gasteiger charge is 2.07. The third-order valence-corrected chi connectivity index (χ3v) is 2.57. The molecule has 0 atom stereocenters. The lowest BCUT2D eigenvalue weighted by atomic mass is 10.1. The minimum Gasteiger partial charge on any atom is -0.478 e. The van der Waals surface area contributed by atoms with Crippen LogP contribution in [0.2, 0.25) is 0 Å². The quantitative estimate of drug-likeness (QED) is 0.809. The fourth-order valence-electron chi connectivity index (χ4n) is 1.85. The number of aromatic nitrogens is 2. The fourth-order valence-corrected chi connectivity index (χ4v) is 1.85. The van der Waals surface area contributed by atoms with E-state index in [-0.39, 0.29) is 6.61 Å². The van der Waals surface area contributed by atoms with Crippen LogP contribution in [0.4, 0.5) is 0 Å². The van der Waals surface area contributed by atoms with Crippen molar-refractivity contribution in [1.29, 1.82) is 0 Å². The minimum absolute atomic E-state index is 0.255. The zero-order chi connectivity index (χ0) is 13.1. The summed E-state index contributed by atoms with van der Waals surface area (Å²) >= 11 is 0. The topological polar surface area (TPSA) is 75.2 Å². The molecule has 0 spiro atoms. The number of hydrogen-bond donors (Lipinski definition) is 2. The van der Waals surface area contributed by atoms with Gasteiger partial charge in [-0.1, -0.05) is 6.07 Å². The molecule has 2 aromatic rings. The van der Waals surface area contributed by atoms with Crippen LogP contribution in [-0.2, 0) is 9.53 Å². The van der Waals surface area contributed by atoms with Gasteiger partial charge in [-0.2, -0.15) is 0 Å². The van der Waals surface area contributed by atoms with Crippen LogP contribution in [0, 0.1) is 6.92 Å². The van der Waals surface area contributed by atoms with Gasteiger partial charge >= 0.3 is 5.97 Å². The Morgan fingerprint density at radius 2 is 2.33 bits per heavy atom. The first-order valence-corrected chi connectivity index (χ1v) is 5.49. The molecule has 0 bridgehead atoms. The second-order valence-electron chi connectivity index (χ2n) is 3.99. The van der Waals surface area contributed by atoms with Crippen LogP contribution in [0.25, 0.3) is 16.6 Å². The Kier molecular flexibility index (Phi) is 3.43. The van der Waals surface area contributed by atoms with Crippen LogP contribution in [0.1, 0.15) is 11.4 Å². The van der Waals surface area contributed by atoms with Gasteiger partial charge in [0.15, 0.2) is 0 Å². The third-order valence-electron chi connectivity index (χ3n) is 2.57. The van der Waals surface area contributed by atoms with Crippen molar-refractivity contribution in [1.82, 2.24) is 9.97 Å². The number of methoxy groups -OCH3 is 1. The highest BCUT2D eigenvalue weighted by Crippen LogP contribution is 2.20. The number of hydrogen-bond acceptors (Lipinski definition) is 3. The average molecular weight is 246 g/mol. The predicted molar refractivity (Wildman–Crippen MR) is 68.3 cm³/mol. The van der Waals surface area contributed by atoms with E-state index in [9.17, 15) is 4.79 Å². The maximum atomic E-state index is 10.8. The molecule has 0 fully saturated rings. The number of ether oxygens (including phenoxy) is 1. The molecule has 0 amide bonds. The number of benzene rings is 1. The van der Waals surface area contributed by atoms with Crippen molar-refractivity contribution in [2.24, 2.45) is 0 Å². The first-order valence-electron chi connectivity index (χ1n) is 5.49. The van der Waals surface area contributed by atoms with Crippen LogP contribution < -0.4 is 0 Å². The molecule has 0 aliphatic carbocycles. The van der Waals surface area contributed by atoms with Gasteiger partial charge in [-0.05, 0) is 30.2 Å². The van der Waals surface area contributed by atoms with Gasteiger partial charge in [0.05, 0.1) is 17.6 Å². The first-order chi connectivity index (χ1) is 8.60. The van der Waals surface area contributed by atoms with E-state index < -0.39 is 5.97 Å². The summed E-state index contributed by atoms with van der Waals surface area (Å²) in [5.74, 6) is -0.152. The number of nitrogens with zero attached hydrogens (tertiary/aromatic N) is 1. The second kappa shape index (κ2) is 5.01. The number of aryl methyl sites for hydroxylation is 1. The summed E-state index contributed by atoms with van der Waals surface area (Å²) in [6.45, 7) is 2.13. The Hall–Kier alpha value is -2.14. The first kappa shape index (κ1) is 12.3. The van der Waals surface area contributed by atoms with E-state index in [2.05, 4.69) is 9.97 Å². The standard InChI is InChI=1S/C13H14N2O3/c1-8-14-11-4-3-9(5-12(11)15-8)10(7-18-2)6-13(16)17/h3-6H,7H2,1-2H3,(H,14,15)(H,16,17)/b10-6+. The van der Waals surface area contributed by atoms with Crippen molar-refractivity contribution < 1.29 is 14.6 Å². The van der Waals surface area contributed by atoms with Crippen molar-refractivity contribution in [2.75, 3.05) is 13.7 Å².